The molecule has 146 valence electrons. The Morgan fingerprint density at radius 1 is 1.29 bits per heavy atom. The molecule has 0 aliphatic heterocycles. The van der Waals surface area contributed by atoms with E-state index in [1.165, 1.54) is 16.9 Å². The molecular formula is C22H25N3O2S. The summed E-state index contributed by atoms with van der Waals surface area (Å²) < 4.78 is 5.29. The van der Waals surface area contributed by atoms with E-state index in [0.29, 0.717) is 18.1 Å². The van der Waals surface area contributed by atoms with Crippen LogP contribution in [0.15, 0.2) is 30.6 Å². The van der Waals surface area contributed by atoms with Crippen LogP contribution < -0.4 is 5.32 Å². The summed E-state index contributed by atoms with van der Waals surface area (Å²) in [5.74, 6) is 1.61. The van der Waals surface area contributed by atoms with Gasteiger partial charge < -0.3 is 10.1 Å². The van der Waals surface area contributed by atoms with Crippen LogP contribution in [0.2, 0.25) is 0 Å². The number of hydrogen-bond acceptors (Lipinski definition) is 6. The highest BCUT2D eigenvalue weighted by atomic mass is 32.1. The van der Waals surface area contributed by atoms with Gasteiger partial charge in [-0.05, 0) is 60.9 Å². The molecule has 2 heterocycles. The van der Waals surface area contributed by atoms with Crippen LogP contribution in [0.5, 0.6) is 0 Å². The zero-order valence-electron chi connectivity index (χ0n) is 16.5. The van der Waals surface area contributed by atoms with Crippen LogP contribution in [0, 0.1) is 11.8 Å². The van der Waals surface area contributed by atoms with Crippen molar-refractivity contribution in [3.63, 3.8) is 0 Å². The number of aryl methyl sites for hydroxylation is 1. The number of carbonyl (C=O) groups excluding carboxylic acids is 1. The van der Waals surface area contributed by atoms with Gasteiger partial charge in [0, 0.05) is 10.6 Å². The van der Waals surface area contributed by atoms with Gasteiger partial charge in [-0.15, -0.1) is 11.3 Å². The van der Waals surface area contributed by atoms with Gasteiger partial charge in [0.2, 0.25) is 0 Å². The minimum absolute atomic E-state index is 0.286. The lowest BCUT2D eigenvalue weighted by molar-refractivity contribution is 0.0459. The van der Waals surface area contributed by atoms with Gasteiger partial charge in [0.25, 0.3) is 0 Å². The van der Waals surface area contributed by atoms with E-state index in [1.807, 2.05) is 26.0 Å². The number of esters is 1. The summed E-state index contributed by atoms with van der Waals surface area (Å²) in [6, 6.07) is 7.35. The number of benzene rings is 1. The predicted molar refractivity (Wildman–Crippen MR) is 113 cm³/mol. The van der Waals surface area contributed by atoms with Crippen molar-refractivity contribution >= 4 is 39.0 Å². The van der Waals surface area contributed by atoms with Crippen LogP contribution in [0.1, 0.15) is 48.0 Å². The van der Waals surface area contributed by atoms with E-state index in [0.717, 1.165) is 40.5 Å². The Balaban J connectivity index is 1.56. The normalized spacial score (nSPS) is 16.2. The second-order valence-corrected chi connectivity index (χ2v) is 9.03. The summed E-state index contributed by atoms with van der Waals surface area (Å²) in [4.78, 5) is 23.6. The minimum atomic E-state index is -0.286. The molecule has 0 fully saturated rings. The standard InChI is InChI=1S/C22H25N3O2S/c1-13(2)11-27-22(26)15-5-7-16(8-6-15)25-20-19-17-9-4-14(3)10-18(17)28-21(19)24-12-23-20/h5-8,12-14H,4,9-11H2,1-3H3,(H,23,24,25)/t14-/m0/s1. The van der Waals surface area contributed by atoms with Crippen molar-refractivity contribution in [2.45, 2.75) is 40.0 Å². The van der Waals surface area contributed by atoms with Gasteiger partial charge in [0.1, 0.15) is 17.0 Å². The largest absolute Gasteiger partial charge is 0.462 e. The summed E-state index contributed by atoms with van der Waals surface area (Å²) in [5, 5.41) is 4.56. The van der Waals surface area contributed by atoms with Gasteiger partial charge in [-0.2, -0.15) is 0 Å². The van der Waals surface area contributed by atoms with Crippen molar-refractivity contribution in [3.05, 3.63) is 46.6 Å². The predicted octanol–water partition coefficient (Wildman–Crippen LogP) is 5.37. The molecule has 0 radical (unpaired) electrons. The third kappa shape index (κ3) is 3.87. The molecule has 1 atom stereocenters. The van der Waals surface area contributed by atoms with Gasteiger partial charge in [-0.3, -0.25) is 0 Å². The number of ether oxygens (including phenoxy) is 1. The van der Waals surface area contributed by atoms with E-state index in [2.05, 4.69) is 22.2 Å². The van der Waals surface area contributed by atoms with E-state index < -0.39 is 0 Å². The number of anilines is 2. The van der Waals surface area contributed by atoms with Crippen LogP contribution >= 0.6 is 11.3 Å². The summed E-state index contributed by atoms with van der Waals surface area (Å²) in [7, 11) is 0. The first-order chi connectivity index (χ1) is 13.5. The topological polar surface area (TPSA) is 64.1 Å². The fourth-order valence-corrected chi connectivity index (χ4v) is 4.87. The molecule has 3 aromatic rings. The molecule has 0 unspecified atom stereocenters. The summed E-state index contributed by atoms with van der Waals surface area (Å²) >= 11 is 1.79. The van der Waals surface area contributed by atoms with Crippen molar-refractivity contribution in [2.75, 3.05) is 11.9 Å². The molecule has 0 bridgehead atoms. The van der Waals surface area contributed by atoms with Gasteiger partial charge >= 0.3 is 5.97 Å². The molecule has 0 amide bonds. The molecule has 28 heavy (non-hydrogen) atoms. The first-order valence-electron chi connectivity index (χ1n) is 9.80. The van der Waals surface area contributed by atoms with Crippen LogP contribution in [-0.2, 0) is 17.6 Å². The molecule has 0 saturated carbocycles. The fourth-order valence-electron chi connectivity index (χ4n) is 3.52. The maximum absolute atomic E-state index is 12.1. The molecule has 1 aliphatic carbocycles. The van der Waals surface area contributed by atoms with Crippen molar-refractivity contribution in [3.8, 4) is 0 Å². The Hall–Kier alpha value is -2.47. The summed E-state index contributed by atoms with van der Waals surface area (Å²) in [5.41, 5.74) is 2.85. The van der Waals surface area contributed by atoms with Crippen molar-refractivity contribution in [1.82, 2.24) is 9.97 Å². The second kappa shape index (κ2) is 7.87. The maximum Gasteiger partial charge on any atom is 0.338 e. The highest BCUT2D eigenvalue weighted by Crippen LogP contribution is 2.40. The van der Waals surface area contributed by atoms with E-state index in [9.17, 15) is 4.79 Å². The Labute approximate surface area is 169 Å². The molecule has 0 saturated heterocycles. The quantitative estimate of drug-likeness (QED) is 0.588. The Bertz CT molecular complexity index is 995. The third-order valence-electron chi connectivity index (χ3n) is 5.02. The molecule has 1 aliphatic rings. The number of carbonyl (C=O) groups is 1. The Morgan fingerprint density at radius 2 is 2.07 bits per heavy atom. The van der Waals surface area contributed by atoms with Crippen LogP contribution in [0.4, 0.5) is 11.5 Å². The van der Waals surface area contributed by atoms with E-state index in [1.54, 1.807) is 29.8 Å². The maximum atomic E-state index is 12.1. The van der Waals surface area contributed by atoms with E-state index in [-0.39, 0.29) is 5.97 Å². The van der Waals surface area contributed by atoms with Crippen molar-refractivity contribution in [1.29, 1.82) is 0 Å². The van der Waals surface area contributed by atoms with Gasteiger partial charge in [-0.1, -0.05) is 20.8 Å². The number of aromatic nitrogens is 2. The number of hydrogen-bond donors (Lipinski definition) is 1. The average molecular weight is 396 g/mol. The lowest BCUT2D eigenvalue weighted by Gasteiger charge is -2.18. The van der Waals surface area contributed by atoms with E-state index in [4.69, 9.17) is 4.74 Å². The third-order valence-corrected chi connectivity index (χ3v) is 6.19. The highest BCUT2D eigenvalue weighted by Gasteiger charge is 2.23. The van der Waals surface area contributed by atoms with Crippen molar-refractivity contribution in [2.24, 2.45) is 11.8 Å². The van der Waals surface area contributed by atoms with Crippen LogP contribution in [0.25, 0.3) is 10.2 Å². The zero-order valence-corrected chi connectivity index (χ0v) is 17.3. The van der Waals surface area contributed by atoms with Gasteiger partial charge in [0.15, 0.2) is 0 Å². The summed E-state index contributed by atoms with van der Waals surface area (Å²) in [6.07, 6.45) is 5.04. The first-order valence-corrected chi connectivity index (χ1v) is 10.6. The molecular weight excluding hydrogens is 370 g/mol. The van der Waals surface area contributed by atoms with Crippen LogP contribution in [-0.4, -0.2) is 22.5 Å². The summed E-state index contributed by atoms with van der Waals surface area (Å²) in [6.45, 7) is 6.78. The van der Waals surface area contributed by atoms with E-state index >= 15 is 0 Å². The van der Waals surface area contributed by atoms with Gasteiger partial charge in [0.05, 0.1) is 17.6 Å². The molecule has 4 rings (SSSR count). The Kier molecular flexibility index (Phi) is 5.31. The molecule has 1 aromatic carbocycles. The Morgan fingerprint density at radius 3 is 2.82 bits per heavy atom. The molecule has 0 spiro atoms. The smallest absolute Gasteiger partial charge is 0.338 e. The monoisotopic (exact) mass is 395 g/mol. The minimum Gasteiger partial charge on any atom is -0.462 e. The number of nitrogens with zero attached hydrogens (tertiary/aromatic N) is 2. The molecule has 1 N–H and O–H groups in total. The lowest BCUT2D eigenvalue weighted by Crippen LogP contribution is -2.10. The van der Waals surface area contributed by atoms with Gasteiger partial charge in [-0.25, -0.2) is 14.8 Å². The molecule has 2 aromatic heterocycles. The van der Waals surface area contributed by atoms with Crippen LogP contribution in [0.3, 0.4) is 0 Å². The first kappa shape index (κ1) is 18.9. The lowest BCUT2D eigenvalue weighted by atomic mass is 9.89. The number of thiophene rings is 1. The zero-order chi connectivity index (χ0) is 19.7. The number of nitrogens with one attached hydrogen (secondary N) is 1. The fraction of sp³-hybridized carbons (Fsp3) is 0.409. The van der Waals surface area contributed by atoms with Crippen molar-refractivity contribution < 1.29 is 9.53 Å². The highest BCUT2D eigenvalue weighted by molar-refractivity contribution is 7.19. The molecule has 6 heteroatoms. The SMILES string of the molecule is CC(C)COC(=O)c1ccc(Nc2ncnc3sc4c(c23)CC[C@H](C)C4)cc1. The second-order valence-electron chi connectivity index (χ2n) is 7.95. The molecule has 5 nitrogen and oxygen atoms in total. The number of rotatable bonds is 5. The average Bonchev–Trinajstić information content (AvgIpc) is 3.05. The number of fused-ring (bicyclic) bond motifs is 3.